The number of nitrogens with one attached hydrogen (secondary N) is 1. The third-order valence-electron chi connectivity index (χ3n) is 3.19. The summed E-state index contributed by atoms with van der Waals surface area (Å²) in [7, 11) is 1.88. The SMILES string of the molecule is CNC(CSc1ccc(Cl)cc1)Cc1c(F)cccc1Cl. The van der Waals surface area contributed by atoms with E-state index in [-0.39, 0.29) is 11.9 Å². The Morgan fingerprint density at radius 1 is 1.14 bits per heavy atom. The Morgan fingerprint density at radius 3 is 2.48 bits per heavy atom. The fraction of sp³-hybridized carbons (Fsp3) is 0.250. The van der Waals surface area contributed by atoms with Gasteiger partial charge in [0.2, 0.25) is 0 Å². The minimum absolute atomic E-state index is 0.139. The molecule has 0 radical (unpaired) electrons. The molecule has 0 aliphatic carbocycles. The maximum Gasteiger partial charge on any atom is 0.127 e. The summed E-state index contributed by atoms with van der Waals surface area (Å²) < 4.78 is 13.8. The molecule has 0 heterocycles. The van der Waals surface area contributed by atoms with E-state index < -0.39 is 0 Å². The van der Waals surface area contributed by atoms with Crippen molar-refractivity contribution in [2.45, 2.75) is 17.4 Å². The zero-order chi connectivity index (χ0) is 15.2. The van der Waals surface area contributed by atoms with Crippen LogP contribution in [0.1, 0.15) is 5.56 Å². The van der Waals surface area contributed by atoms with Crippen LogP contribution in [0, 0.1) is 5.82 Å². The predicted molar refractivity (Wildman–Crippen MR) is 90.1 cm³/mol. The minimum Gasteiger partial charge on any atom is -0.316 e. The first-order chi connectivity index (χ1) is 10.1. The van der Waals surface area contributed by atoms with Gasteiger partial charge >= 0.3 is 0 Å². The van der Waals surface area contributed by atoms with Crippen LogP contribution in [0.25, 0.3) is 0 Å². The first-order valence-corrected chi connectivity index (χ1v) is 8.33. The molecule has 0 bridgehead atoms. The summed E-state index contributed by atoms with van der Waals surface area (Å²) in [5.41, 5.74) is 0.565. The Hall–Kier alpha value is -0.740. The molecule has 1 atom stereocenters. The molecule has 1 unspecified atom stereocenters. The van der Waals surface area contributed by atoms with Gasteiger partial charge < -0.3 is 5.32 Å². The van der Waals surface area contributed by atoms with Crippen LogP contribution >= 0.6 is 35.0 Å². The molecular weight excluding hydrogens is 328 g/mol. The Morgan fingerprint density at radius 2 is 1.86 bits per heavy atom. The molecule has 1 nitrogen and oxygen atoms in total. The lowest BCUT2D eigenvalue weighted by Crippen LogP contribution is -2.30. The maximum atomic E-state index is 13.8. The molecule has 1 N–H and O–H groups in total. The highest BCUT2D eigenvalue weighted by atomic mass is 35.5. The molecule has 0 spiro atoms. The third-order valence-corrected chi connectivity index (χ3v) is 4.97. The molecule has 112 valence electrons. The zero-order valence-electron chi connectivity index (χ0n) is 11.6. The van der Waals surface area contributed by atoms with Crippen LogP contribution < -0.4 is 5.32 Å². The van der Waals surface area contributed by atoms with Gasteiger partial charge in [-0.25, -0.2) is 4.39 Å². The molecule has 0 aliphatic rings. The normalized spacial score (nSPS) is 12.4. The summed E-state index contributed by atoms with van der Waals surface area (Å²) in [6.45, 7) is 0. The van der Waals surface area contributed by atoms with Gasteiger partial charge in [-0.15, -0.1) is 11.8 Å². The van der Waals surface area contributed by atoms with Crippen LogP contribution in [-0.2, 0) is 6.42 Å². The molecule has 0 fully saturated rings. The summed E-state index contributed by atoms with van der Waals surface area (Å²) in [5, 5.41) is 4.42. The fourth-order valence-corrected chi connectivity index (χ4v) is 3.32. The summed E-state index contributed by atoms with van der Waals surface area (Å²) in [5.74, 6) is 0.572. The van der Waals surface area contributed by atoms with E-state index in [2.05, 4.69) is 5.32 Å². The van der Waals surface area contributed by atoms with Crippen molar-refractivity contribution in [2.24, 2.45) is 0 Å². The van der Waals surface area contributed by atoms with Crippen molar-refractivity contribution in [3.8, 4) is 0 Å². The second-order valence-corrected chi connectivity index (χ2v) is 6.59. The van der Waals surface area contributed by atoms with Crippen molar-refractivity contribution < 1.29 is 4.39 Å². The Labute approximate surface area is 138 Å². The summed E-state index contributed by atoms with van der Waals surface area (Å²) in [6.07, 6.45) is 0.558. The molecule has 0 amide bonds. The molecule has 2 aromatic carbocycles. The van der Waals surface area contributed by atoms with Crippen molar-refractivity contribution >= 4 is 35.0 Å². The van der Waals surface area contributed by atoms with Crippen molar-refractivity contribution in [3.63, 3.8) is 0 Å². The maximum absolute atomic E-state index is 13.8. The van der Waals surface area contributed by atoms with Crippen molar-refractivity contribution in [1.29, 1.82) is 0 Å². The number of benzene rings is 2. The van der Waals surface area contributed by atoms with E-state index in [9.17, 15) is 4.39 Å². The van der Waals surface area contributed by atoms with Gasteiger partial charge in [0.15, 0.2) is 0 Å². The van der Waals surface area contributed by atoms with Gasteiger partial charge in [0.05, 0.1) is 0 Å². The van der Waals surface area contributed by atoms with Crippen molar-refractivity contribution in [2.75, 3.05) is 12.8 Å². The number of hydrogen-bond acceptors (Lipinski definition) is 2. The van der Waals surface area contributed by atoms with E-state index in [0.717, 1.165) is 15.7 Å². The Bertz CT molecular complexity index is 569. The largest absolute Gasteiger partial charge is 0.316 e. The first kappa shape index (κ1) is 16.6. The molecule has 0 saturated carbocycles. The highest BCUT2D eigenvalue weighted by Gasteiger charge is 2.14. The summed E-state index contributed by atoms with van der Waals surface area (Å²) in [4.78, 5) is 1.14. The second-order valence-electron chi connectivity index (χ2n) is 4.65. The fourth-order valence-electron chi connectivity index (χ4n) is 1.95. The number of thioether (sulfide) groups is 1. The van der Waals surface area contributed by atoms with Gasteiger partial charge in [-0.1, -0.05) is 29.3 Å². The molecule has 0 aliphatic heterocycles. The van der Waals surface area contributed by atoms with Crippen LogP contribution in [0.3, 0.4) is 0 Å². The molecule has 2 rings (SSSR count). The number of halogens is 3. The molecule has 0 aromatic heterocycles. The van der Waals surface area contributed by atoms with Crippen LogP contribution in [0.4, 0.5) is 4.39 Å². The van der Waals surface area contributed by atoms with E-state index in [4.69, 9.17) is 23.2 Å². The average molecular weight is 344 g/mol. The standard InChI is InChI=1S/C16H16Cl2FNS/c1-20-12(9-14-15(18)3-2-4-16(14)19)10-21-13-7-5-11(17)6-8-13/h2-8,12,20H,9-10H2,1H3. The Balaban J connectivity index is 1.98. The van der Waals surface area contributed by atoms with E-state index in [1.165, 1.54) is 6.07 Å². The van der Waals surface area contributed by atoms with E-state index in [0.29, 0.717) is 17.0 Å². The van der Waals surface area contributed by atoms with Crippen molar-refractivity contribution in [3.05, 3.63) is 63.9 Å². The summed E-state index contributed by atoms with van der Waals surface area (Å²) >= 11 is 13.6. The van der Waals surface area contributed by atoms with Gasteiger partial charge in [-0.2, -0.15) is 0 Å². The highest BCUT2D eigenvalue weighted by molar-refractivity contribution is 7.99. The predicted octanol–water partition coefficient (Wildman–Crippen LogP) is 5.06. The van der Waals surface area contributed by atoms with Gasteiger partial charge in [-0.3, -0.25) is 0 Å². The van der Waals surface area contributed by atoms with Gasteiger partial charge in [-0.05, 0) is 49.9 Å². The van der Waals surface area contributed by atoms with Crippen LogP contribution in [0.5, 0.6) is 0 Å². The quantitative estimate of drug-likeness (QED) is 0.736. The molecule has 2 aromatic rings. The monoisotopic (exact) mass is 343 g/mol. The molecule has 0 saturated heterocycles. The molecule has 5 heteroatoms. The van der Waals surface area contributed by atoms with Gasteiger partial charge in [0.1, 0.15) is 5.82 Å². The van der Waals surface area contributed by atoms with Crippen LogP contribution in [0.2, 0.25) is 10.0 Å². The second kappa shape index (κ2) is 8.04. The van der Waals surface area contributed by atoms with Gasteiger partial charge in [0.25, 0.3) is 0 Å². The van der Waals surface area contributed by atoms with Crippen molar-refractivity contribution in [1.82, 2.24) is 5.32 Å². The number of rotatable bonds is 6. The average Bonchev–Trinajstić information content (AvgIpc) is 2.48. The highest BCUT2D eigenvalue weighted by Crippen LogP contribution is 2.24. The topological polar surface area (TPSA) is 12.0 Å². The minimum atomic E-state index is -0.251. The third kappa shape index (κ3) is 4.89. The van der Waals surface area contributed by atoms with E-state index in [1.54, 1.807) is 23.9 Å². The van der Waals surface area contributed by atoms with Crippen LogP contribution in [-0.4, -0.2) is 18.8 Å². The van der Waals surface area contributed by atoms with Crippen LogP contribution in [0.15, 0.2) is 47.4 Å². The lowest BCUT2D eigenvalue weighted by molar-refractivity contribution is 0.568. The lowest BCUT2D eigenvalue weighted by Gasteiger charge is -2.17. The molecular formula is C16H16Cl2FNS. The zero-order valence-corrected chi connectivity index (χ0v) is 13.9. The van der Waals surface area contributed by atoms with Gasteiger partial charge in [0, 0.05) is 32.3 Å². The first-order valence-electron chi connectivity index (χ1n) is 6.58. The number of likely N-dealkylation sites (N-methyl/N-ethyl adjacent to an activating group) is 1. The molecule has 21 heavy (non-hydrogen) atoms. The van der Waals surface area contributed by atoms with E-state index >= 15 is 0 Å². The number of hydrogen-bond donors (Lipinski definition) is 1. The summed E-state index contributed by atoms with van der Waals surface area (Å²) in [6, 6.07) is 12.6. The smallest absolute Gasteiger partial charge is 0.127 e. The lowest BCUT2D eigenvalue weighted by atomic mass is 10.1. The van der Waals surface area contributed by atoms with E-state index in [1.807, 2.05) is 31.3 Å². The Kier molecular flexibility index (Phi) is 6.37.